The van der Waals surface area contributed by atoms with Crippen molar-refractivity contribution < 1.29 is 43.8 Å². The molecule has 40 heavy (non-hydrogen) atoms. The molecule has 17 nitrogen and oxygen atoms in total. The van der Waals surface area contributed by atoms with Crippen LogP contribution in [0.25, 0.3) is 10.4 Å². The van der Waals surface area contributed by atoms with Gasteiger partial charge in [0.05, 0.1) is 59.5 Å². The number of azide groups is 1. The summed E-state index contributed by atoms with van der Waals surface area (Å²) in [5.41, 5.74) is 13.7. The van der Waals surface area contributed by atoms with Gasteiger partial charge in [-0.25, -0.2) is 4.79 Å². The molecule has 4 atom stereocenters. The van der Waals surface area contributed by atoms with Crippen molar-refractivity contribution in [2.75, 3.05) is 78.3 Å². The Hall–Kier alpha value is -2.86. The van der Waals surface area contributed by atoms with E-state index in [1.54, 1.807) is 0 Å². The molecule has 1 aromatic heterocycles. The Bertz CT molecular complexity index is 991. The van der Waals surface area contributed by atoms with Crippen LogP contribution in [-0.4, -0.2) is 122 Å². The average Bonchev–Trinajstić information content (AvgIpc) is 3.22. The number of aliphatic hydroxyl groups excluding tert-OH is 3. The maximum atomic E-state index is 12.3. The standard InChI is InChI=1S/C23H39N7O10/c24-21-16(14-30(23(35)28-21)22-20(34)19(33)17(15-31)40-22)2-1-4-26-18(32)3-6-36-8-10-38-12-13-39-11-9-37-7-5-27-29-25/h14,17,19-20,22,31,33-34H,1-13,15H2,(H,26,32)(H2,24,28,35)/t17-,19?,20+,22-/m1/s1. The van der Waals surface area contributed by atoms with Crippen LogP contribution in [0, 0.1) is 0 Å². The fourth-order valence-corrected chi connectivity index (χ4v) is 3.68. The molecule has 0 bridgehead atoms. The summed E-state index contributed by atoms with van der Waals surface area (Å²) in [6, 6.07) is 0. The molecule has 1 amide bonds. The van der Waals surface area contributed by atoms with E-state index in [4.69, 9.17) is 34.9 Å². The van der Waals surface area contributed by atoms with E-state index in [-0.39, 0.29) is 24.8 Å². The summed E-state index contributed by atoms with van der Waals surface area (Å²) in [7, 11) is 0. The van der Waals surface area contributed by atoms with Crippen LogP contribution >= 0.6 is 0 Å². The van der Waals surface area contributed by atoms with Crippen molar-refractivity contribution in [1.82, 2.24) is 14.9 Å². The Labute approximate surface area is 230 Å². The SMILES string of the molecule is [N-]=[N+]=NCCOCCOCCOCCOCCC(=O)NCCCc1cn([C@@H]2O[C@H](CO)C(O)[C@@H]2O)c(=O)nc1N. The zero-order chi connectivity index (χ0) is 29.2. The number of nitrogens with one attached hydrogen (secondary N) is 1. The van der Waals surface area contributed by atoms with E-state index in [1.165, 1.54) is 6.20 Å². The van der Waals surface area contributed by atoms with E-state index >= 15 is 0 Å². The van der Waals surface area contributed by atoms with Gasteiger partial charge < -0.3 is 50.1 Å². The summed E-state index contributed by atoms with van der Waals surface area (Å²) < 4.78 is 27.7. The van der Waals surface area contributed by atoms with Crippen LogP contribution in [0.2, 0.25) is 0 Å². The smallest absolute Gasteiger partial charge is 0.351 e. The molecule has 1 unspecified atom stereocenters. The van der Waals surface area contributed by atoms with Gasteiger partial charge in [0.1, 0.15) is 24.1 Å². The summed E-state index contributed by atoms with van der Waals surface area (Å²) in [4.78, 5) is 30.7. The maximum absolute atomic E-state index is 12.3. The largest absolute Gasteiger partial charge is 0.394 e. The number of aromatic nitrogens is 2. The van der Waals surface area contributed by atoms with Gasteiger partial charge in [-0.05, 0) is 18.4 Å². The van der Waals surface area contributed by atoms with Gasteiger partial charge in [-0.1, -0.05) is 5.11 Å². The highest BCUT2D eigenvalue weighted by Crippen LogP contribution is 2.28. The number of carbonyl (C=O) groups excluding carboxylic acids is 1. The molecule has 0 radical (unpaired) electrons. The highest BCUT2D eigenvalue weighted by molar-refractivity contribution is 5.75. The Kier molecular flexibility index (Phi) is 16.1. The molecular weight excluding hydrogens is 534 g/mol. The molecule has 226 valence electrons. The second kappa shape index (κ2) is 19.3. The monoisotopic (exact) mass is 573 g/mol. The van der Waals surface area contributed by atoms with Crippen LogP contribution in [0.3, 0.4) is 0 Å². The highest BCUT2D eigenvalue weighted by Gasteiger charge is 2.43. The Morgan fingerprint density at radius 3 is 2.33 bits per heavy atom. The number of hydrogen-bond donors (Lipinski definition) is 5. The predicted molar refractivity (Wildman–Crippen MR) is 139 cm³/mol. The molecule has 2 rings (SSSR count). The van der Waals surface area contributed by atoms with Crippen molar-refractivity contribution in [3.63, 3.8) is 0 Å². The van der Waals surface area contributed by atoms with Crippen molar-refractivity contribution in [3.05, 3.63) is 32.7 Å². The van der Waals surface area contributed by atoms with Crippen LogP contribution in [0.15, 0.2) is 16.1 Å². The first-order chi connectivity index (χ1) is 19.4. The number of carbonyl (C=O) groups is 1. The number of amides is 1. The second-order valence-electron chi connectivity index (χ2n) is 8.68. The molecule has 6 N–H and O–H groups in total. The molecule has 17 heteroatoms. The number of ether oxygens (including phenoxy) is 5. The van der Waals surface area contributed by atoms with Crippen molar-refractivity contribution in [1.29, 1.82) is 0 Å². The average molecular weight is 574 g/mol. The minimum absolute atomic E-state index is 0.0226. The molecule has 1 aliphatic heterocycles. The minimum atomic E-state index is -1.42. The van der Waals surface area contributed by atoms with E-state index in [1.807, 2.05) is 0 Å². The molecule has 1 aromatic rings. The highest BCUT2D eigenvalue weighted by atomic mass is 16.6. The van der Waals surface area contributed by atoms with Gasteiger partial charge in [0, 0.05) is 36.2 Å². The molecule has 0 saturated carbocycles. The third-order valence-corrected chi connectivity index (χ3v) is 5.79. The van der Waals surface area contributed by atoms with Crippen molar-refractivity contribution in [3.8, 4) is 0 Å². The Balaban J connectivity index is 1.52. The van der Waals surface area contributed by atoms with Gasteiger partial charge in [-0.3, -0.25) is 9.36 Å². The van der Waals surface area contributed by atoms with Crippen LogP contribution in [0.4, 0.5) is 5.82 Å². The Morgan fingerprint density at radius 1 is 1.10 bits per heavy atom. The summed E-state index contributed by atoms with van der Waals surface area (Å²) in [6.07, 6.45) is -2.54. The first-order valence-electron chi connectivity index (χ1n) is 13.0. The first kappa shape index (κ1) is 33.3. The lowest BCUT2D eigenvalue weighted by atomic mass is 10.1. The third kappa shape index (κ3) is 11.7. The number of aryl methyl sites for hydroxylation is 1. The molecule has 1 saturated heterocycles. The number of nitrogen functional groups attached to an aromatic ring is 1. The van der Waals surface area contributed by atoms with E-state index in [2.05, 4.69) is 20.3 Å². The predicted octanol–water partition coefficient (Wildman–Crippen LogP) is -1.75. The molecule has 0 spiro atoms. The normalized spacial score (nSPS) is 20.4. The molecule has 1 aliphatic rings. The molecular formula is C23H39N7O10. The van der Waals surface area contributed by atoms with Gasteiger partial charge >= 0.3 is 5.69 Å². The zero-order valence-electron chi connectivity index (χ0n) is 22.3. The number of nitrogens with zero attached hydrogens (tertiary/aromatic N) is 5. The van der Waals surface area contributed by atoms with Crippen molar-refractivity contribution in [2.45, 2.75) is 43.8 Å². The maximum Gasteiger partial charge on any atom is 0.351 e. The number of hydrogen-bond acceptors (Lipinski definition) is 13. The third-order valence-electron chi connectivity index (χ3n) is 5.79. The summed E-state index contributed by atoms with van der Waals surface area (Å²) in [5.74, 6) is -0.159. The summed E-state index contributed by atoms with van der Waals surface area (Å²) >= 11 is 0. The van der Waals surface area contributed by atoms with Crippen molar-refractivity contribution >= 4 is 11.7 Å². The lowest BCUT2D eigenvalue weighted by molar-refractivity contribution is -0.122. The summed E-state index contributed by atoms with van der Waals surface area (Å²) in [5, 5.41) is 35.5. The molecule has 2 heterocycles. The van der Waals surface area contributed by atoms with Gasteiger partial charge in [-0.2, -0.15) is 4.98 Å². The van der Waals surface area contributed by atoms with E-state index in [0.29, 0.717) is 77.7 Å². The van der Waals surface area contributed by atoms with Gasteiger partial charge in [0.15, 0.2) is 6.23 Å². The lowest BCUT2D eigenvalue weighted by Crippen LogP contribution is -2.36. The van der Waals surface area contributed by atoms with E-state index in [0.717, 1.165) is 4.57 Å². The lowest BCUT2D eigenvalue weighted by Gasteiger charge is -2.18. The fraction of sp³-hybridized carbons (Fsp3) is 0.783. The molecule has 0 aromatic carbocycles. The van der Waals surface area contributed by atoms with Crippen LogP contribution in [-0.2, 0) is 34.9 Å². The number of rotatable bonds is 21. The topological polar surface area (TPSA) is 246 Å². The molecule has 0 aliphatic carbocycles. The minimum Gasteiger partial charge on any atom is -0.394 e. The van der Waals surface area contributed by atoms with E-state index in [9.17, 15) is 24.9 Å². The number of anilines is 1. The van der Waals surface area contributed by atoms with Gasteiger partial charge in [0.25, 0.3) is 0 Å². The number of nitrogens with two attached hydrogens (primary N) is 1. The van der Waals surface area contributed by atoms with Crippen LogP contribution in [0.5, 0.6) is 0 Å². The quantitative estimate of drug-likeness (QED) is 0.0476. The fourth-order valence-electron chi connectivity index (χ4n) is 3.68. The van der Waals surface area contributed by atoms with Gasteiger partial charge in [-0.15, -0.1) is 0 Å². The van der Waals surface area contributed by atoms with Gasteiger partial charge in [0.2, 0.25) is 5.91 Å². The summed E-state index contributed by atoms with van der Waals surface area (Å²) in [6.45, 7) is 3.07. The number of aliphatic hydroxyl groups is 3. The second-order valence-corrected chi connectivity index (χ2v) is 8.68. The van der Waals surface area contributed by atoms with Crippen LogP contribution in [0.1, 0.15) is 24.6 Å². The molecule has 1 fully saturated rings. The Morgan fingerprint density at radius 2 is 1.73 bits per heavy atom. The van der Waals surface area contributed by atoms with Crippen LogP contribution < -0.4 is 16.7 Å². The van der Waals surface area contributed by atoms with Crippen molar-refractivity contribution in [2.24, 2.45) is 5.11 Å². The van der Waals surface area contributed by atoms with E-state index < -0.39 is 36.8 Å². The zero-order valence-corrected chi connectivity index (χ0v) is 22.3. The first-order valence-corrected chi connectivity index (χ1v) is 13.0.